The second kappa shape index (κ2) is 10.9. The Morgan fingerprint density at radius 3 is 2.76 bits per heavy atom. The first-order valence-electron chi connectivity index (χ1n) is 11.5. The molecule has 2 aromatic carbocycles. The lowest BCUT2D eigenvalue weighted by molar-refractivity contribution is -0.140. The molecule has 2 heterocycles. The molecule has 3 aromatic rings. The lowest BCUT2D eigenvalue weighted by Crippen LogP contribution is -2.59. The summed E-state index contributed by atoms with van der Waals surface area (Å²) in [4.78, 5) is 2.12. The molecular weight excluding hydrogens is 434 g/mol. The van der Waals surface area contributed by atoms with E-state index in [1.807, 2.05) is 66.3 Å². The number of aromatic nitrogens is 2. The van der Waals surface area contributed by atoms with Crippen LogP contribution >= 0.6 is 0 Å². The van der Waals surface area contributed by atoms with Gasteiger partial charge in [0.05, 0.1) is 19.8 Å². The minimum atomic E-state index is -1.35. The SMILES string of the molecule is COc1cc(CN2CC[C@H](O)[C@@](O)(COc3cccc(C)c3)C2)ccc1OCCn1cccn1. The van der Waals surface area contributed by atoms with Crippen molar-refractivity contribution in [3.63, 3.8) is 0 Å². The van der Waals surface area contributed by atoms with Crippen LogP contribution in [0.5, 0.6) is 17.2 Å². The van der Waals surface area contributed by atoms with Gasteiger partial charge in [-0.25, -0.2) is 0 Å². The molecular formula is C26H33N3O5. The van der Waals surface area contributed by atoms with E-state index in [4.69, 9.17) is 14.2 Å². The fourth-order valence-corrected chi connectivity index (χ4v) is 4.21. The lowest BCUT2D eigenvalue weighted by Gasteiger charge is -2.42. The smallest absolute Gasteiger partial charge is 0.161 e. The average molecular weight is 468 g/mol. The van der Waals surface area contributed by atoms with Crippen LogP contribution in [-0.4, -0.2) is 70.0 Å². The van der Waals surface area contributed by atoms with Crippen molar-refractivity contribution in [1.29, 1.82) is 0 Å². The van der Waals surface area contributed by atoms with Crippen LogP contribution in [0.1, 0.15) is 17.5 Å². The van der Waals surface area contributed by atoms with E-state index in [9.17, 15) is 10.2 Å². The number of likely N-dealkylation sites (tertiary alicyclic amines) is 1. The molecule has 182 valence electrons. The normalized spacial score (nSPS) is 20.8. The van der Waals surface area contributed by atoms with Gasteiger partial charge < -0.3 is 24.4 Å². The van der Waals surface area contributed by atoms with Gasteiger partial charge >= 0.3 is 0 Å². The summed E-state index contributed by atoms with van der Waals surface area (Å²) in [5, 5.41) is 25.9. The Morgan fingerprint density at radius 1 is 1.12 bits per heavy atom. The molecule has 2 N–H and O–H groups in total. The van der Waals surface area contributed by atoms with E-state index in [-0.39, 0.29) is 6.61 Å². The predicted molar refractivity (Wildman–Crippen MR) is 128 cm³/mol. The van der Waals surface area contributed by atoms with Crippen LogP contribution in [0.2, 0.25) is 0 Å². The number of β-amino-alcohol motifs (C(OH)–C–C–N with tert-alkyl or cyclic N) is 1. The molecule has 0 unspecified atom stereocenters. The van der Waals surface area contributed by atoms with Crippen LogP contribution in [0, 0.1) is 6.92 Å². The summed E-state index contributed by atoms with van der Waals surface area (Å²) in [6.45, 7) is 4.75. The Bertz CT molecular complexity index is 1060. The van der Waals surface area contributed by atoms with Crippen LogP contribution in [0.3, 0.4) is 0 Å². The summed E-state index contributed by atoms with van der Waals surface area (Å²) in [5.41, 5.74) is 0.773. The number of piperidine rings is 1. The third-order valence-electron chi connectivity index (χ3n) is 6.09. The molecule has 8 heteroatoms. The molecule has 1 aliphatic heterocycles. The van der Waals surface area contributed by atoms with E-state index < -0.39 is 11.7 Å². The number of ether oxygens (including phenoxy) is 3. The zero-order chi connectivity index (χ0) is 24.0. The molecule has 0 spiro atoms. The Kier molecular flexibility index (Phi) is 7.72. The van der Waals surface area contributed by atoms with Gasteiger partial charge in [-0.2, -0.15) is 5.10 Å². The van der Waals surface area contributed by atoms with E-state index in [1.54, 1.807) is 13.3 Å². The van der Waals surface area contributed by atoms with Gasteiger partial charge in [0.15, 0.2) is 11.5 Å². The van der Waals surface area contributed by atoms with E-state index in [0.717, 1.165) is 11.1 Å². The minimum absolute atomic E-state index is 0.0282. The van der Waals surface area contributed by atoms with Crippen molar-refractivity contribution in [1.82, 2.24) is 14.7 Å². The number of nitrogens with zero attached hydrogens (tertiary/aromatic N) is 3. The van der Waals surface area contributed by atoms with Crippen LogP contribution in [0.25, 0.3) is 0 Å². The van der Waals surface area contributed by atoms with Gasteiger partial charge in [-0.05, 0) is 54.8 Å². The summed E-state index contributed by atoms with van der Waals surface area (Å²) in [7, 11) is 1.62. The minimum Gasteiger partial charge on any atom is -0.493 e. The van der Waals surface area contributed by atoms with Gasteiger partial charge in [0, 0.05) is 32.0 Å². The molecule has 0 aliphatic carbocycles. The first kappa shape index (κ1) is 24.1. The van der Waals surface area contributed by atoms with Crippen LogP contribution in [0.4, 0.5) is 0 Å². The molecule has 0 amide bonds. The standard InChI is InChI=1S/C26H33N3O5/c1-20-5-3-6-22(15-20)34-19-26(31)18-28(12-9-25(26)30)17-21-7-8-23(24(16-21)32-2)33-14-13-29-11-4-10-27-29/h3-8,10-11,15-16,25,30-31H,9,12-14,17-19H2,1-2H3/t25-,26-/m0/s1. The average Bonchev–Trinajstić information content (AvgIpc) is 3.35. The second-order valence-electron chi connectivity index (χ2n) is 8.83. The number of aliphatic hydroxyl groups excluding tert-OH is 1. The van der Waals surface area contributed by atoms with E-state index in [2.05, 4.69) is 10.00 Å². The van der Waals surface area contributed by atoms with Gasteiger partial charge in [0.2, 0.25) is 0 Å². The van der Waals surface area contributed by atoms with Gasteiger partial charge in [-0.15, -0.1) is 0 Å². The molecule has 34 heavy (non-hydrogen) atoms. The van der Waals surface area contributed by atoms with Crippen molar-refractivity contribution in [3.05, 3.63) is 72.1 Å². The van der Waals surface area contributed by atoms with Crippen molar-refractivity contribution < 1.29 is 24.4 Å². The number of aliphatic hydroxyl groups is 2. The maximum absolute atomic E-state index is 11.2. The third kappa shape index (κ3) is 6.08. The molecule has 0 radical (unpaired) electrons. The van der Waals surface area contributed by atoms with Crippen LogP contribution < -0.4 is 14.2 Å². The molecule has 1 fully saturated rings. The molecule has 1 aromatic heterocycles. The fourth-order valence-electron chi connectivity index (χ4n) is 4.21. The number of methoxy groups -OCH3 is 1. The quantitative estimate of drug-likeness (QED) is 0.474. The van der Waals surface area contributed by atoms with Gasteiger partial charge in [0.1, 0.15) is 24.6 Å². The number of hydrogen-bond acceptors (Lipinski definition) is 7. The number of hydrogen-bond donors (Lipinski definition) is 2. The van der Waals surface area contributed by atoms with Gasteiger partial charge in [0.25, 0.3) is 0 Å². The number of aryl methyl sites for hydroxylation is 1. The zero-order valence-corrected chi connectivity index (χ0v) is 19.8. The highest BCUT2D eigenvalue weighted by molar-refractivity contribution is 5.43. The summed E-state index contributed by atoms with van der Waals surface area (Å²) in [6.07, 6.45) is 3.27. The van der Waals surface area contributed by atoms with E-state index in [0.29, 0.717) is 56.5 Å². The highest BCUT2D eigenvalue weighted by Gasteiger charge is 2.42. The highest BCUT2D eigenvalue weighted by Crippen LogP contribution is 2.30. The molecule has 0 saturated carbocycles. The predicted octanol–water partition coefficient (Wildman–Crippen LogP) is 2.66. The highest BCUT2D eigenvalue weighted by atomic mass is 16.5. The Balaban J connectivity index is 1.35. The third-order valence-corrected chi connectivity index (χ3v) is 6.09. The topological polar surface area (TPSA) is 89.2 Å². The van der Waals surface area contributed by atoms with E-state index in [1.165, 1.54) is 0 Å². The van der Waals surface area contributed by atoms with Crippen molar-refractivity contribution in [2.24, 2.45) is 0 Å². The van der Waals surface area contributed by atoms with Crippen molar-refractivity contribution in [2.75, 3.05) is 33.4 Å². The Hall–Kier alpha value is -3.07. The summed E-state index contributed by atoms with van der Waals surface area (Å²) >= 11 is 0. The Labute approximate surface area is 200 Å². The van der Waals surface area contributed by atoms with Crippen LogP contribution in [0.15, 0.2) is 60.9 Å². The molecule has 1 saturated heterocycles. The maximum Gasteiger partial charge on any atom is 0.161 e. The zero-order valence-electron chi connectivity index (χ0n) is 19.8. The molecule has 0 bridgehead atoms. The number of benzene rings is 2. The maximum atomic E-state index is 11.2. The van der Waals surface area contributed by atoms with E-state index >= 15 is 0 Å². The Morgan fingerprint density at radius 2 is 2.00 bits per heavy atom. The van der Waals surface area contributed by atoms with Gasteiger partial charge in [-0.3, -0.25) is 9.58 Å². The summed E-state index contributed by atoms with van der Waals surface area (Å²) in [5.74, 6) is 2.02. The fraction of sp³-hybridized carbons (Fsp3) is 0.423. The molecule has 4 rings (SSSR count). The largest absolute Gasteiger partial charge is 0.493 e. The first-order valence-corrected chi connectivity index (χ1v) is 11.5. The molecule has 1 aliphatic rings. The van der Waals surface area contributed by atoms with Crippen LogP contribution in [-0.2, 0) is 13.1 Å². The van der Waals surface area contributed by atoms with Gasteiger partial charge in [-0.1, -0.05) is 18.2 Å². The van der Waals surface area contributed by atoms with Crippen molar-refractivity contribution in [2.45, 2.75) is 38.1 Å². The summed E-state index contributed by atoms with van der Waals surface area (Å²) < 4.78 is 19.1. The monoisotopic (exact) mass is 467 g/mol. The number of rotatable bonds is 10. The first-order chi connectivity index (χ1) is 16.4. The molecule has 8 nitrogen and oxygen atoms in total. The molecule has 2 atom stereocenters. The summed E-state index contributed by atoms with van der Waals surface area (Å²) in [6, 6.07) is 15.4. The lowest BCUT2D eigenvalue weighted by atomic mass is 9.90. The van der Waals surface area contributed by atoms with Crippen molar-refractivity contribution in [3.8, 4) is 17.2 Å². The second-order valence-corrected chi connectivity index (χ2v) is 8.83. The van der Waals surface area contributed by atoms with Crippen molar-refractivity contribution >= 4 is 0 Å².